The Morgan fingerprint density at radius 3 is 2.37 bits per heavy atom. The molecule has 0 radical (unpaired) electrons. The van der Waals surface area contributed by atoms with Crippen molar-refractivity contribution in [3.8, 4) is 0 Å². The second kappa shape index (κ2) is 7.41. The summed E-state index contributed by atoms with van der Waals surface area (Å²) in [5, 5.41) is 8.78. The molecule has 3 N–H and O–H groups in total. The first-order chi connectivity index (χ1) is 14.5. The number of carbonyl (C=O) groups excluding carboxylic acids is 3. The van der Waals surface area contributed by atoms with Crippen LogP contribution in [-0.4, -0.2) is 48.9 Å². The van der Waals surface area contributed by atoms with Crippen LogP contribution in [0.25, 0.3) is 0 Å². The number of halogens is 1. The number of nitrogens with one attached hydrogen (secondary N) is 3. The number of amides is 4. The molecule has 1 heterocycles. The van der Waals surface area contributed by atoms with E-state index in [-0.39, 0.29) is 46.9 Å². The monoisotopic (exact) mass is 472 g/mol. The molecule has 30 heavy (non-hydrogen) atoms. The highest BCUT2D eigenvalue weighted by atomic mass is 79.9. The van der Waals surface area contributed by atoms with Crippen molar-refractivity contribution >= 4 is 39.5 Å². The van der Waals surface area contributed by atoms with E-state index < -0.39 is 0 Å². The zero-order valence-corrected chi connectivity index (χ0v) is 18.2. The van der Waals surface area contributed by atoms with Crippen LogP contribution in [0.2, 0.25) is 0 Å². The maximum absolute atomic E-state index is 13.2. The van der Waals surface area contributed by atoms with Gasteiger partial charge in [-0.2, -0.15) is 0 Å². The quantitative estimate of drug-likeness (QED) is 0.555. The summed E-state index contributed by atoms with van der Waals surface area (Å²) in [6, 6.07) is 7.40. The van der Waals surface area contributed by atoms with E-state index in [1.807, 2.05) is 24.3 Å². The number of anilines is 1. The van der Waals surface area contributed by atoms with Crippen molar-refractivity contribution < 1.29 is 14.4 Å². The Labute approximate surface area is 183 Å². The first kappa shape index (κ1) is 19.6. The lowest BCUT2D eigenvalue weighted by Gasteiger charge is -2.26. The highest BCUT2D eigenvalue weighted by molar-refractivity contribution is 9.10. The van der Waals surface area contributed by atoms with Gasteiger partial charge in [-0.3, -0.25) is 9.59 Å². The van der Waals surface area contributed by atoms with Gasteiger partial charge in [0.05, 0.1) is 11.8 Å². The summed E-state index contributed by atoms with van der Waals surface area (Å²) in [7, 11) is 0. The van der Waals surface area contributed by atoms with Crippen molar-refractivity contribution in [3.63, 3.8) is 0 Å². The molecule has 158 valence electrons. The molecule has 2 bridgehead atoms. The smallest absolute Gasteiger partial charge is 0.317 e. The Bertz CT molecular complexity index is 911. The van der Waals surface area contributed by atoms with Gasteiger partial charge in [-0.25, -0.2) is 4.79 Å². The Kier molecular flexibility index (Phi) is 4.84. The van der Waals surface area contributed by atoms with Gasteiger partial charge in [-0.1, -0.05) is 28.1 Å². The fraction of sp³-hybridized carbons (Fsp3) is 0.500. The Balaban J connectivity index is 1.28. The van der Waals surface area contributed by atoms with Gasteiger partial charge in [0.25, 0.3) is 0 Å². The van der Waals surface area contributed by atoms with E-state index in [9.17, 15) is 14.4 Å². The minimum atomic E-state index is -0.360. The molecule has 8 heteroatoms. The summed E-state index contributed by atoms with van der Waals surface area (Å²) < 4.78 is 0.948. The highest BCUT2D eigenvalue weighted by Crippen LogP contribution is 2.72. The second-order valence-electron chi connectivity index (χ2n) is 8.73. The van der Waals surface area contributed by atoms with Crippen LogP contribution in [0, 0.1) is 29.1 Å². The lowest BCUT2D eigenvalue weighted by Crippen LogP contribution is -2.44. The summed E-state index contributed by atoms with van der Waals surface area (Å²) in [6.07, 6.45) is 6.46. The fourth-order valence-corrected chi connectivity index (χ4v) is 5.89. The van der Waals surface area contributed by atoms with E-state index in [4.69, 9.17) is 0 Å². The standard InChI is InChI=1S/C22H25BrN4O3/c23-13-1-3-14(4-2-13)26-20(29)18-16-6-5-15(22(16)7-8-22)17(18)19(28)24-9-11-27-12-10-25-21(27)30/h1-6,15-18H,7-12H2,(H,24,28)(H,25,30)(H,26,29)/t15-,16-,17-,18-/m1/s1. The molecule has 5 rings (SSSR count). The fourth-order valence-electron chi connectivity index (χ4n) is 5.62. The van der Waals surface area contributed by atoms with E-state index in [1.165, 1.54) is 0 Å². The van der Waals surface area contributed by atoms with Crippen molar-refractivity contribution in [3.05, 3.63) is 40.9 Å². The number of benzene rings is 1. The third-order valence-electron chi connectivity index (χ3n) is 7.18. The molecule has 1 aliphatic heterocycles. The zero-order valence-electron chi connectivity index (χ0n) is 16.6. The molecule has 2 saturated carbocycles. The lowest BCUT2D eigenvalue weighted by atomic mass is 9.81. The van der Waals surface area contributed by atoms with Gasteiger partial charge in [0.1, 0.15) is 0 Å². The van der Waals surface area contributed by atoms with Gasteiger partial charge in [-0.05, 0) is 54.4 Å². The van der Waals surface area contributed by atoms with Crippen LogP contribution < -0.4 is 16.0 Å². The average molecular weight is 473 g/mol. The molecule has 0 unspecified atom stereocenters. The van der Waals surface area contributed by atoms with Crippen LogP contribution >= 0.6 is 15.9 Å². The predicted octanol–water partition coefficient (Wildman–Crippen LogP) is 2.36. The largest absolute Gasteiger partial charge is 0.354 e. The molecule has 7 nitrogen and oxygen atoms in total. The molecule has 1 saturated heterocycles. The minimum Gasteiger partial charge on any atom is -0.354 e. The third kappa shape index (κ3) is 3.21. The first-order valence-electron chi connectivity index (χ1n) is 10.5. The van der Waals surface area contributed by atoms with Crippen molar-refractivity contribution in [1.82, 2.24) is 15.5 Å². The maximum Gasteiger partial charge on any atom is 0.317 e. The normalized spacial score (nSPS) is 29.9. The lowest BCUT2D eigenvalue weighted by molar-refractivity contribution is -0.132. The first-order valence-corrected chi connectivity index (χ1v) is 11.3. The van der Waals surface area contributed by atoms with Crippen molar-refractivity contribution in [2.75, 3.05) is 31.5 Å². The third-order valence-corrected chi connectivity index (χ3v) is 7.71. The zero-order chi connectivity index (χ0) is 20.9. The Morgan fingerprint density at radius 2 is 1.77 bits per heavy atom. The number of rotatable bonds is 6. The van der Waals surface area contributed by atoms with E-state index in [0.717, 1.165) is 23.0 Å². The molecule has 1 aromatic carbocycles. The SMILES string of the molecule is O=C(NCCN1CCNC1=O)[C@H]1[C@H](C(=O)Nc2ccc(Br)cc2)[C@H]2C=C[C@H]1C21CC1. The molecule has 3 aliphatic carbocycles. The minimum absolute atomic E-state index is 0.0753. The van der Waals surface area contributed by atoms with Gasteiger partial charge in [0.15, 0.2) is 0 Å². The summed E-state index contributed by atoms with van der Waals surface area (Å²) in [5.41, 5.74) is 0.831. The van der Waals surface area contributed by atoms with Gasteiger partial charge in [0, 0.05) is 36.3 Å². The molecule has 4 atom stereocenters. The molecule has 3 fully saturated rings. The number of allylic oxidation sites excluding steroid dienone is 2. The molecule has 0 aromatic heterocycles. The molecule has 1 aromatic rings. The Morgan fingerprint density at radius 1 is 1.10 bits per heavy atom. The second-order valence-corrected chi connectivity index (χ2v) is 9.64. The van der Waals surface area contributed by atoms with Crippen LogP contribution in [0.3, 0.4) is 0 Å². The van der Waals surface area contributed by atoms with E-state index >= 15 is 0 Å². The van der Waals surface area contributed by atoms with Gasteiger partial charge in [-0.15, -0.1) is 0 Å². The summed E-state index contributed by atoms with van der Waals surface area (Å²) in [5.74, 6) is -0.629. The highest BCUT2D eigenvalue weighted by Gasteiger charge is 2.69. The van der Waals surface area contributed by atoms with Crippen molar-refractivity contribution in [2.45, 2.75) is 12.8 Å². The number of carbonyl (C=O) groups is 3. The molecule has 4 aliphatic rings. The summed E-state index contributed by atoms with van der Waals surface area (Å²) in [4.78, 5) is 39.8. The molecule has 4 amide bonds. The molecule has 1 spiro atoms. The van der Waals surface area contributed by atoms with Crippen LogP contribution in [0.15, 0.2) is 40.9 Å². The van der Waals surface area contributed by atoms with Crippen LogP contribution in [0.4, 0.5) is 10.5 Å². The summed E-state index contributed by atoms with van der Waals surface area (Å²) >= 11 is 3.41. The predicted molar refractivity (Wildman–Crippen MR) is 116 cm³/mol. The average Bonchev–Trinajstić information content (AvgIpc) is 3.23. The topological polar surface area (TPSA) is 90.5 Å². The van der Waals surface area contributed by atoms with Crippen molar-refractivity contribution in [1.29, 1.82) is 0 Å². The van der Waals surface area contributed by atoms with Crippen LogP contribution in [0.1, 0.15) is 12.8 Å². The van der Waals surface area contributed by atoms with E-state index in [2.05, 4.69) is 44.0 Å². The maximum atomic E-state index is 13.2. The number of nitrogens with zero attached hydrogens (tertiary/aromatic N) is 1. The number of hydrogen-bond donors (Lipinski definition) is 3. The van der Waals surface area contributed by atoms with Gasteiger partial charge >= 0.3 is 6.03 Å². The van der Waals surface area contributed by atoms with Crippen LogP contribution in [0.5, 0.6) is 0 Å². The molecular formula is C22H25BrN4O3. The van der Waals surface area contributed by atoms with Gasteiger partial charge in [0.2, 0.25) is 11.8 Å². The number of urea groups is 1. The van der Waals surface area contributed by atoms with Crippen LogP contribution in [-0.2, 0) is 9.59 Å². The van der Waals surface area contributed by atoms with Gasteiger partial charge < -0.3 is 20.9 Å². The Hall–Kier alpha value is -2.35. The van der Waals surface area contributed by atoms with E-state index in [1.54, 1.807) is 4.90 Å². The number of hydrogen-bond acceptors (Lipinski definition) is 3. The van der Waals surface area contributed by atoms with Crippen molar-refractivity contribution in [2.24, 2.45) is 29.1 Å². The van der Waals surface area contributed by atoms with E-state index in [0.29, 0.717) is 26.2 Å². The molecular weight excluding hydrogens is 448 g/mol. The summed E-state index contributed by atoms with van der Waals surface area (Å²) in [6.45, 7) is 2.19.